The highest BCUT2D eigenvalue weighted by Crippen LogP contribution is 2.22. The van der Waals surface area contributed by atoms with Crippen LogP contribution in [-0.4, -0.2) is 41.0 Å². The van der Waals surface area contributed by atoms with Crippen molar-refractivity contribution in [3.05, 3.63) is 39.4 Å². The number of hydrogen-bond donors (Lipinski definition) is 0. The quantitative estimate of drug-likeness (QED) is 0.613. The summed E-state index contributed by atoms with van der Waals surface area (Å²) >= 11 is 0. The molecular weight excluding hydrogens is 260 g/mol. The Morgan fingerprint density at radius 2 is 2.15 bits per heavy atom. The second-order valence-corrected chi connectivity index (χ2v) is 5.21. The van der Waals surface area contributed by atoms with Gasteiger partial charge in [0.1, 0.15) is 0 Å². The number of nitro groups is 1. The van der Waals surface area contributed by atoms with Crippen LogP contribution in [0.1, 0.15) is 29.8 Å². The second-order valence-electron chi connectivity index (χ2n) is 5.21. The SMILES string of the molecule is Cc1ccc(C(=O)N2C[C@@H](C)OC[C@@H]2C)cc1[N+](=O)[O-]. The van der Waals surface area contributed by atoms with Gasteiger partial charge in [0.2, 0.25) is 0 Å². The summed E-state index contributed by atoms with van der Waals surface area (Å²) < 4.78 is 5.49. The average Bonchev–Trinajstić information content (AvgIpc) is 2.41. The maximum absolute atomic E-state index is 12.5. The summed E-state index contributed by atoms with van der Waals surface area (Å²) in [6.45, 7) is 6.46. The average molecular weight is 278 g/mol. The lowest BCUT2D eigenvalue weighted by Gasteiger charge is -2.36. The number of amides is 1. The van der Waals surface area contributed by atoms with Gasteiger partial charge in [-0.1, -0.05) is 6.07 Å². The minimum Gasteiger partial charge on any atom is -0.375 e. The van der Waals surface area contributed by atoms with E-state index in [0.29, 0.717) is 24.3 Å². The summed E-state index contributed by atoms with van der Waals surface area (Å²) in [6.07, 6.45) is -0.0180. The molecule has 108 valence electrons. The van der Waals surface area contributed by atoms with E-state index in [0.717, 1.165) is 0 Å². The van der Waals surface area contributed by atoms with Crippen LogP contribution in [0, 0.1) is 17.0 Å². The van der Waals surface area contributed by atoms with E-state index in [2.05, 4.69) is 0 Å². The highest BCUT2D eigenvalue weighted by Gasteiger charge is 2.29. The van der Waals surface area contributed by atoms with Gasteiger partial charge in [-0.15, -0.1) is 0 Å². The van der Waals surface area contributed by atoms with Crippen molar-refractivity contribution < 1.29 is 14.5 Å². The Kier molecular flexibility index (Phi) is 4.04. The summed E-state index contributed by atoms with van der Waals surface area (Å²) in [5, 5.41) is 10.9. The number of morpholine rings is 1. The zero-order valence-corrected chi connectivity index (χ0v) is 11.8. The molecule has 2 rings (SSSR count). The highest BCUT2D eigenvalue weighted by atomic mass is 16.6. The molecule has 1 amide bonds. The van der Waals surface area contributed by atoms with Crippen LogP contribution in [0.15, 0.2) is 18.2 Å². The Bertz CT molecular complexity index is 544. The molecule has 6 heteroatoms. The number of nitrogens with zero attached hydrogens (tertiary/aromatic N) is 2. The van der Waals surface area contributed by atoms with Crippen LogP contribution in [0.25, 0.3) is 0 Å². The third kappa shape index (κ3) is 2.80. The molecule has 0 aliphatic carbocycles. The minimum absolute atomic E-state index is 0.0180. The van der Waals surface area contributed by atoms with Gasteiger partial charge in [-0.05, 0) is 26.8 Å². The van der Waals surface area contributed by atoms with Crippen molar-refractivity contribution in [1.82, 2.24) is 4.90 Å². The Morgan fingerprint density at radius 1 is 1.45 bits per heavy atom. The minimum atomic E-state index is -0.461. The molecule has 0 aromatic heterocycles. The fourth-order valence-corrected chi connectivity index (χ4v) is 2.29. The van der Waals surface area contributed by atoms with Crippen LogP contribution in [0.2, 0.25) is 0 Å². The van der Waals surface area contributed by atoms with Crippen LogP contribution < -0.4 is 0 Å². The van der Waals surface area contributed by atoms with Crippen LogP contribution >= 0.6 is 0 Å². The summed E-state index contributed by atoms with van der Waals surface area (Å²) in [5.74, 6) is -0.184. The van der Waals surface area contributed by atoms with Crippen LogP contribution in [0.5, 0.6) is 0 Å². The number of aryl methyl sites for hydroxylation is 1. The monoisotopic (exact) mass is 278 g/mol. The van der Waals surface area contributed by atoms with Crippen LogP contribution in [0.4, 0.5) is 5.69 Å². The van der Waals surface area contributed by atoms with Crippen molar-refractivity contribution >= 4 is 11.6 Å². The molecule has 20 heavy (non-hydrogen) atoms. The van der Waals surface area contributed by atoms with Gasteiger partial charge in [0.05, 0.1) is 23.7 Å². The zero-order chi connectivity index (χ0) is 14.9. The van der Waals surface area contributed by atoms with E-state index in [1.54, 1.807) is 24.0 Å². The van der Waals surface area contributed by atoms with Gasteiger partial charge in [0, 0.05) is 23.7 Å². The Morgan fingerprint density at radius 3 is 2.80 bits per heavy atom. The van der Waals surface area contributed by atoms with Crippen molar-refractivity contribution in [1.29, 1.82) is 0 Å². The molecule has 1 saturated heterocycles. The predicted octanol–water partition coefficient (Wildman–Crippen LogP) is 2.15. The highest BCUT2D eigenvalue weighted by molar-refractivity contribution is 5.95. The van der Waals surface area contributed by atoms with E-state index in [1.807, 2.05) is 13.8 Å². The molecule has 1 fully saturated rings. The summed E-state index contributed by atoms with van der Waals surface area (Å²) in [4.78, 5) is 24.7. The molecule has 1 heterocycles. The third-order valence-corrected chi connectivity index (χ3v) is 3.52. The third-order valence-electron chi connectivity index (χ3n) is 3.52. The van der Waals surface area contributed by atoms with Gasteiger partial charge >= 0.3 is 0 Å². The van der Waals surface area contributed by atoms with Crippen molar-refractivity contribution in [2.24, 2.45) is 0 Å². The van der Waals surface area contributed by atoms with Gasteiger partial charge in [0.15, 0.2) is 0 Å². The molecule has 6 nitrogen and oxygen atoms in total. The van der Waals surface area contributed by atoms with Crippen molar-refractivity contribution in [2.45, 2.75) is 32.9 Å². The molecule has 0 spiro atoms. The van der Waals surface area contributed by atoms with Gasteiger partial charge in [0.25, 0.3) is 11.6 Å². The summed E-state index contributed by atoms with van der Waals surface area (Å²) in [6, 6.07) is 4.57. The number of nitro benzene ring substituents is 1. The van der Waals surface area contributed by atoms with Crippen molar-refractivity contribution in [3.63, 3.8) is 0 Å². The Labute approximate surface area is 117 Å². The fourth-order valence-electron chi connectivity index (χ4n) is 2.29. The maximum Gasteiger partial charge on any atom is 0.273 e. The van der Waals surface area contributed by atoms with E-state index in [4.69, 9.17) is 4.74 Å². The van der Waals surface area contributed by atoms with Crippen LogP contribution in [-0.2, 0) is 4.74 Å². The molecular formula is C14H18N2O4. The molecule has 1 aromatic carbocycles. The number of hydrogen-bond acceptors (Lipinski definition) is 4. The van der Waals surface area contributed by atoms with Gasteiger partial charge in [-0.2, -0.15) is 0 Å². The standard InChI is InChI=1S/C14H18N2O4/c1-9-4-5-12(6-13(9)16(18)19)14(17)15-7-11(3)20-8-10(15)2/h4-6,10-11H,7-8H2,1-3H3/t10-,11+/m0/s1. The smallest absolute Gasteiger partial charge is 0.273 e. The lowest BCUT2D eigenvalue weighted by Crippen LogP contribution is -2.50. The Hall–Kier alpha value is -1.95. The number of rotatable bonds is 2. The predicted molar refractivity (Wildman–Crippen MR) is 73.7 cm³/mol. The molecule has 0 radical (unpaired) electrons. The first kappa shape index (κ1) is 14.5. The largest absolute Gasteiger partial charge is 0.375 e. The van der Waals surface area contributed by atoms with Gasteiger partial charge in [-0.3, -0.25) is 14.9 Å². The summed E-state index contributed by atoms with van der Waals surface area (Å²) in [5.41, 5.74) is 0.878. The molecule has 0 N–H and O–H groups in total. The van der Waals surface area contributed by atoms with E-state index in [9.17, 15) is 14.9 Å². The molecule has 1 aliphatic heterocycles. The first-order chi connectivity index (χ1) is 9.40. The molecule has 0 bridgehead atoms. The van der Waals surface area contributed by atoms with Gasteiger partial charge < -0.3 is 9.64 Å². The Balaban J connectivity index is 2.29. The van der Waals surface area contributed by atoms with E-state index < -0.39 is 4.92 Å². The topological polar surface area (TPSA) is 72.7 Å². The molecule has 1 aliphatic rings. The van der Waals surface area contributed by atoms with Crippen molar-refractivity contribution in [3.8, 4) is 0 Å². The first-order valence-electron chi connectivity index (χ1n) is 6.57. The first-order valence-corrected chi connectivity index (χ1v) is 6.57. The van der Waals surface area contributed by atoms with Gasteiger partial charge in [-0.25, -0.2) is 0 Å². The maximum atomic E-state index is 12.5. The molecule has 1 aromatic rings. The van der Waals surface area contributed by atoms with E-state index in [1.165, 1.54) is 6.07 Å². The second kappa shape index (κ2) is 5.58. The van der Waals surface area contributed by atoms with E-state index >= 15 is 0 Å². The lowest BCUT2D eigenvalue weighted by atomic mass is 10.1. The summed E-state index contributed by atoms with van der Waals surface area (Å²) in [7, 11) is 0. The number of carbonyl (C=O) groups excluding carboxylic acids is 1. The zero-order valence-electron chi connectivity index (χ0n) is 11.8. The number of carbonyl (C=O) groups is 1. The lowest BCUT2D eigenvalue weighted by molar-refractivity contribution is -0.385. The molecule has 0 unspecified atom stereocenters. The van der Waals surface area contributed by atoms with Crippen molar-refractivity contribution in [2.75, 3.05) is 13.2 Å². The fraction of sp³-hybridized carbons (Fsp3) is 0.500. The number of benzene rings is 1. The molecule has 0 saturated carbocycles. The van der Waals surface area contributed by atoms with E-state index in [-0.39, 0.29) is 23.7 Å². The normalized spacial score (nSPS) is 22.6. The molecule has 2 atom stereocenters. The number of ether oxygens (including phenoxy) is 1. The van der Waals surface area contributed by atoms with Crippen LogP contribution in [0.3, 0.4) is 0 Å².